The molecule has 0 radical (unpaired) electrons. The molecular formula is C15H21NS. The lowest BCUT2D eigenvalue weighted by molar-refractivity contribution is 0.590. The third kappa shape index (κ3) is 5.28. The van der Waals surface area contributed by atoms with Crippen LogP contribution >= 0.6 is 11.8 Å². The summed E-state index contributed by atoms with van der Waals surface area (Å²) in [6.45, 7) is 6.70. The van der Waals surface area contributed by atoms with Crippen molar-refractivity contribution in [3.63, 3.8) is 0 Å². The highest BCUT2D eigenvalue weighted by molar-refractivity contribution is 7.99. The quantitative estimate of drug-likeness (QED) is 0.553. The Balaban J connectivity index is 2.39. The molecule has 0 amide bonds. The molecule has 0 fully saturated rings. The number of nitriles is 1. The molecule has 0 saturated carbocycles. The van der Waals surface area contributed by atoms with Crippen LogP contribution in [-0.2, 0) is 5.41 Å². The Hall–Kier alpha value is -0.940. The van der Waals surface area contributed by atoms with Crippen molar-refractivity contribution in [3.05, 3.63) is 29.8 Å². The lowest BCUT2D eigenvalue weighted by Crippen LogP contribution is -2.10. The van der Waals surface area contributed by atoms with E-state index in [1.54, 1.807) is 0 Å². The minimum atomic E-state index is 0.232. The highest BCUT2D eigenvalue weighted by atomic mass is 32.2. The van der Waals surface area contributed by atoms with Crippen LogP contribution in [0.3, 0.4) is 0 Å². The highest BCUT2D eigenvalue weighted by Gasteiger charge is 2.12. The molecule has 1 aromatic carbocycles. The molecule has 17 heavy (non-hydrogen) atoms. The van der Waals surface area contributed by atoms with Crippen LogP contribution < -0.4 is 0 Å². The van der Waals surface area contributed by atoms with E-state index in [1.165, 1.54) is 10.5 Å². The van der Waals surface area contributed by atoms with Crippen LogP contribution in [0.5, 0.6) is 0 Å². The topological polar surface area (TPSA) is 23.8 Å². The fourth-order valence-corrected chi connectivity index (χ4v) is 2.46. The summed E-state index contributed by atoms with van der Waals surface area (Å²) in [5.41, 5.74) is 1.61. The summed E-state index contributed by atoms with van der Waals surface area (Å²) in [7, 11) is 0. The summed E-state index contributed by atoms with van der Waals surface area (Å²) < 4.78 is 0. The zero-order valence-electron chi connectivity index (χ0n) is 11.0. The van der Waals surface area contributed by atoms with Crippen LogP contribution in [0, 0.1) is 11.3 Å². The van der Waals surface area contributed by atoms with Gasteiger partial charge in [-0.05, 0) is 41.7 Å². The fourth-order valence-electron chi connectivity index (χ4n) is 1.55. The zero-order chi connectivity index (χ0) is 12.7. The van der Waals surface area contributed by atoms with Crippen LogP contribution in [0.2, 0.25) is 0 Å². The first kappa shape index (κ1) is 14.1. The van der Waals surface area contributed by atoms with Gasteiger partial charge in [0.1, 0.15) is 0 Å². The van der Waals surface area contributed by atoms with Crippen molar-refractivity contribution in [1.29, 1.82) is 5.26 Å². The molecule has 0 spiro atoms. The molecule has 92 valence electrons. The van der Waals surface area contributed by atoms with Crippen molar-refractivity contribution in [1.82, 2.24) is 0 Å². The van der Waals surface area contributed by atoms with Crippen molar-refractivity contribution in [2.24, 2.45) is 0 Å². The van der Waals surface area contributed by atoms with Gasteiger partial charge in [0.15, 0.2) is 0 Å². The highest BCUT2D eigenvalue weighted by Crippen LogP contribution is 2.26. The molecule has 1 aromatic rings. The van der Waals surface area contributed by atoms with E-state index in [1.807, 2.05) is 11.8 Å². The Morgan fingerprint density at radius 1 is 1.12 bits per heavy atom. The Labute approximate surface area is 109 Å². The average Bonchev–Trinajstić information content (AvgIpc) is 2.28. The Morgan fingerprint density at radius 2 is 1.76 bits per heavy atom. The molecule has 0 N–H and O–H groups in total. The maximum atomic E-state index is 8.43. The van der Waals surface area contributed by atoms with E-state index in [9.17, 15) is 0 Å². The van der Waals surface area contributed by atoms with Crippen LogP contribution in [0.1, 0.15) is 45.6 Å². The second-order valence-corrected chi connectivity index (χ2v) is 6.41. The Bertz CT molecular complexity index is 367. The smallest absolute Gasteiger partial charge is 0.0621 e. The maximum absolute atomic E-state index is 8.43. The van der Waals surface area contributed by atoms with Gasteiger partial charge in [-0.3, -0.25) is 0 Å². The summed E-state index contributed by atoms with van der Waals surface area (Å²) in [4.78, 5) is 1.33. The number of thioether (sulfide) groups is 1. The SMILES string of the molecule is CC(C)(C)c1ccc(SCCCCC#N)cc1. The summed E-state index contributed by atoms with van der Waals surface area (Å²) in [6.07, 6.45) is 2.83. The molecule has 1 rings (SSSR count). The summed E-state index contributed by atoms with van der Waals surface area (Å²) >= 11 is 1.88. The third-order valence-corrected chi connectivity index (χ3v) is 3.77. The Kier molecular flexibility index (Phi) is 5.58. The van der Waals surface area contributed by atoms with E-state index in [0.29, 0.717) is 6.42 Å². The van der Waals surface area contributed by atoms with Gasteiger partial charge < -0.3 is 0 Å². The molecule has 0 heterocycles. The van der Waals surface area contributed by atoms with E-state index in [0.717, 1.165) is 18.6 Å². The van der Waals surface area contributed by atoms with Gasteiger partial charge in [0, 0.05) is 11.3 Å². The van der Waals surface area contributed by atoms with E-state index in [2.05, 4.69) is 51.1 Å². The van der Waals surface area contributed by atoms with Gasteiger partial charge in [-0.25, -0.2) is 0 Å². The predicted octanol–water partition coefficient (Wildman–Crippen LogP) is 4.77. The van der Waals surface area contributed by atoms with Crippen molar-refractivity contribution in [3.8, 4) is 6.07 Å². The number of hydrogen-bond donors (Lipinski definition) is 0. The van der Waals surface area contributed by atoms with Crippen molar-refractivity contribution >= 4 is 11.8 Å². The van der Waals surface area contributed by atoms with Crippen molar-refractivity contribution < 1.29 is 0 Å². The lowest BCUT2D eigenvalue weighted by Gasteiger charge is -2.19. The molecule has 0 aliphatic rings. The monoisotopic (exact) mass is 247 g/mol. The normalized spacial score (nSPS) is 11.2. The van der Waals surface area contributed by atoms with Gasteiger partial charge in [-0.15, -0.1) is 11.8 Å². The van der Waals surface area contributed by atoms with Crippen molar-refractivity contribution in [2.45, 2.75) is 50.3 Å². The molecule has 0 aromatic heterocycles. The predicted molar refractivity (Wildman–Crippen MR) is 75.3 cm³/mol. The molecular weight excluding hydrogens is 226 g/mol. The van der Waals surface area contributed by atoms with Crippen molar-refractivity contribution in [2.75, 3.05) is 5.75 Å². The molecule has 0 aliphatic carbocycles. The minimum Gasteiger partial charge on any atom is -0.198 e. The standard InChI is InChI=1S/C15H21NS/c1-15(2,3)13-7-9-14(10-8-13)17-12-6-4-5-11-16/h7-10H,4-6,12H2,1-3H3. The molecule has 2 heteroatoms. The zero-order valence-corrected chi connectivity index (χ0v) is 11.8. The first-order valence-electron chi connectivity index (χ1n) is 6.14. The number of benzene rings is 1. The minimum absolute atomic E-state index is 0.232. The maximum Gasteiger partial charge on any atom is 0.0621 e. The average molecular weight is 247 g/mol. The fraction of sp³-hybridized carbons (Fsp3) is 0.533. The number of hydrogen-bond acceptors (Lipinski definition) is 2. The van der Waals surface area contributed by atoms with E-state index >= 15 is 0 Å². The molecule has 0 bridgehead atoms. The van der Waals surface area contributed by atoms with Gasteiger partial charge in [0.25, 0.3) is 0 Å². The summed E-state index contributed by atoms with van der Waals surface area (Å²) in [6, 6.07) is 11.0. The van der Waals surface area contributed by atoms with Crippen LogP contribution in [0.4, 0.5) is 0 Å². The molecule has 0 aliphatic heterocycles. The largest absolute Gasteiger partial charge is 0.198 e. The first-order chi connectivity index (χ1) is 8.04. The molecule has 1 nitrogen and oxygen atoms in total. The van der Waals surface area contributed by atoms with Gasteiger partial charge in [-0.1, -0.05) is 32.9 Å². The van der Waals surface area contributed by atoms with Crippen LogP contribution in [0.25, 0.3) is 0 Å². The lowest BCUT2D eigenvalue weighted by atomic mass is 9.87. The number of nitrogens with zero attached hydrogens (tertiary/aromatic N) is 1. The number of rotatable bonds is 5. The van der Waals surface area contributed by atoms with Crippen LogP contribution in [-0.4, -0.2) is 5.75 Å². The molecule has 0 atom stereocenters. The van der Waals surface area contributed by atoms with E-state index < -0.39 is 0 Å². The second kappa shape index (κ2) is 6.71. The molecule has 0 saturated heterocycles. The van der Waals surface area contributed by atoms with E-state index in [-0.39, 0.29) is 5.41 Å². The molecule has 0 unspecified atom stereocenters. The van der Waals surface area contributed by atoms with Gasteiger partial charge in [-0.2, -0.15) is 5.26 Å². The van der Waals surface area contributed by atoms with Gasteiger partial charge in [0.2, 0.25) is 0 Å². The third-order valence-electron chi connectivity index (χ3n) is 2.67. The first-order valence-corrected chi connectivity index (χ1v) is 7.13. The van der Waals surface area contributed by atoms with Crippen LogP contribution in [0.15, 0.2) is 29.2 Å². The number of unbranched alkanes of at least 4 members (excludes halogenated alkanes) is 2. The summed E-state index contributed by atoms with van der Waals surface area (Å²) in [5.74, 6) is 1.11. The summed E-state index contributed by atoms with van der Waals surface area (Å²) in [5, 5.41) is 8.43. The van der Waals surface area contributed by atoms with Gasteiger partial charge >= 0.3 is 0 Å². The second-order valence-electron chi connectivity index (χ2n) is 5.24. The Morgan fingerprint density at radius 3 is 2.29 bits per heavy atom. The van der Waals surface area contributed by atoms with Gasteiger partial charge in [0.05, 0.1) is 6.07 Å². The van der Waals surface area contributed by atoms with E-state index in [4.69, 9.17) is 5.26 Å².